The van der Waals surface area contributed by atoms with E-state index < -0.39 is 6.61 Å². The second-order valence-corrected chi connectivity index (χ2v) is 6.37. The zero-order valence-electron chi connectivity index (χ0n) is 14.6. The van der Waals surface area contributed by atoms with E-state index in [2.05, 4.69) is 22.2 Å². The molecule has 1 aliphatic rings. The van der Waals surface area contributed by atoms with Crippen molar-refractivity contribution in [3.05, 3.63) is 59.7 Å². The number of hydrogen-bond acceptors (Lipinski definition) is 3. The average Bonchev–Trinajstić information content (AvgIpc) is 2.65. The molecule has 0 spiro atoms. The van der Waals surface area contributed by atoms with Crippen molar-refractivity contribution < 1.29 is 18.3 Å². The van der Waals surface area contributed by atoms with Crippen LogP contribution in [0.4, 0.5) is 14.5 Å². The molecule has 0 heterocycles. The van der Waals surface area contributed by atoms with Crippen LogP contribution in [0.15, 0.2) is 48.5 Å². The molecule has 1 unspecified atom stereocenters. The lowest BCUT2D eigenvalue weighted by atomic mass is 9.87. The predicted molar refractivity (Wildman–Crippen MR) is 96.5 cm³/mol. The standard InChI is InChI=1S/C20H22F2N2O2/c1-24(18-8-4-6-14-5-2-3-7-17(14)18)19(25)13-23-15-9-11-16(12-10-15)26-20(21)22/h2-3,5,7,9-12,18,20,23H,4,6,8,13H2,1H3. The number of ether oxygens (including phenoxy) is 1. The highest BCUT2D eigenvalue weighted by Gasteiger charge is 2.26. The summed E-state index contributed by atoms with van der Waals surface area (Å²) in [5, 5.41) is 3.03. The van der Waals surface area contributed by atoms with Gasteiger partial charge in [0.2, 0.25) is 5.91 Å². The van der Waals surface area contributed by atoms with Gasteiger partial charge in [0.05, 0.1) is 12.6 Å². The third kappa shape index (κ3) is 4.31. The number of anilines is 1. The van der Waals surface area contributed by atoms with Crippen LogP contribution in [0.3, 0.4) is 0 Å². The van der Waals surface area contributed by atoms with Gasteiger partial charge in [0.15, 0.2) is 0 Å². The van der Waals surface area contributed by atoms with Gasteiger partial charge in [-0.1, -0.05) is 24.3 Å². The molecule has 4 nitrogen and oxygen atoms in total. The van der Waals surface area contributed by atoms with E-state index in [0.29, 0.717) is 5.69 Å². The molecular weight excluding hydrogens is 338 g/mol. The van der Waals surface area contributed by atoms with Gasteiger partial charge in [-0.05, 0) is 54.7 Å². The van der Waals surface area contributed by atoms with Gasteiger partial charge in [0, 0.05) is 12.7 Å². The average molecular weight is 360 g/mol. The number of likely N-dealkylation sites (N-methyl/N-ethyl adjacent to an activating group) is 1. The van der Waals surface area contributed by atoms with Crippen molar-refractivity contribution in [2.24, 2.45) is 0 Å². The van der Waals surface area contributed by atoms with Crippen molar-refractivity contribution in [2.45, 2.75) is 31.9 Å². The van der Waals surface area contributed by atoms with E-state index >= 15 is 0 Å². The van der Waals surface area contributed by atoms with Crippen LogP contribution in [-0.4, -0.2) is 31.0 Å². The first-order valence-electron chi connectivity index (χ1n) is 8.67. The molecule has 0 radical (unpaired) electrons. The Morgan fingerprint density at radius 1 is 1.23 bits per heavy atom. The molecule has 0 fully saturated rings. The van der Waals surface area contributed by atoms with E-state index in [1.807, 2.05) is 19.2 Å². The quantitative estimate of drug-likeness (QED) is 0.838. The molecule has 0 saturated carbocycles. The maximum absolute atomic E-state index is 12.6. The van der Waals surface area contributed by atoms with Crippen LogP contribution < -0.4 is 10.1 Å². The number of alkyl halides is 2. The number of halogens is 2. The SMILES string of the molecule is CN(C(=O)CNc1ccc(OC(F)F)cc1)C1CCCc2ccccc21. The summed E-state index contributed by atoms with van der Waals surface area (Å²) in [7, 11) is 1.83. The van der Waals surface area contributed by atoms with Gasteiger partial charge in [-0.25, -0.2) is 0 Å². The summed E-state index contributed by atoms with van der Waals surface area (Å²) < 4.78 is 28.6. The van der Waals surface area contributed by atoms with Crippen molar-refractivity contribution >= 4 is 11.6 Å². The van der Waals surface area contributed by atoms with Gasteiger partial charge in [-0.2, -0.15) is 8.78 Å². The van der Waals surface area contributed by atoms with Crippen LogP contribution in [-0.2, 0) is 11.2 Å². The highest BCUT2D eigenvalue weighted by atomic mass is 19.3. The zero-order chi connectivity index (χ0) is 18.5. The molecule has 3 rings (SSSR count). The zero-order valence-corrected chi connectivity index (χ0v) is 14.6. The molecule has 1 N–H and O–H groups in total. The highest BCUT2D eigenvalue weighted by molar-refractivity contribution is 5.81. The number of carbonyl (C=O) groups excluding carboxylic acids is 1. The fourth-order valence-corrected chi connectivity index (χ4v) is 3.36. The number of fused-ring (bicyclic) bond motifs is 1. The largest absolute Gasteiger partial charge is 0.435 e. The fourth-order valence-electron chi connectivity index (χ4n) is 3.36. The Kier molecular flexibility index (Phi) is 5.71. The number of nitrogens with one attached hydrogen (secondary N) is 1. The molecule has 0 aromatic heterocycles. The fraction of sp³-hybridized carbons (Fsp3) is 0.350. The molecular formula is C20H22F2N2O2. The molecule has 0 saturated heterocycles. The van der Waals surface area contributed by atoms with Gasteiger partial charge in [0.25, 0.3) is 0 Å². The van der Waals surface area contributed by atoms with Crippen molar-refractivity contribution in [2.75, 3.05) is 18.9 Å². The Balaban J connectivity index is 1.58. The van der Waals surface area contributed by atoms with Gasteiger partial charge < -0.3 is 15.0 Å². The van der Waals surface area contributed by atoms with Gasteiger partial charge >= 0.3 is 6.61 Å². The molecule has 1 aliphatic carbocycles. The number of rotatable bonds is 6. The summed E-state index contributed by atoms with van der Waals surface area (Å²) in [6, 6.07) is 14.5. The molecule has 2 aromatic rings. The normalized spacial score (nSPS) is 16.1. The van der Waals surface area contributed by atoms with Gasteiger partial charge in [0.1, 0.15) is 5.75 Å². The Bertz CT molecular complexity index is 750. The second-order valence-electron chi connectivity index (χ2n) is 6.37. The minimum atomic E-state index is -2.84. The van der Waals surface area contributed by atoms with Crippen molar-refractivity contribution in [1.82, 2.24) is 4.90 Å². The molecule has 0 bridgehead atoms. The van der Waals surface area contributed by atoms with Crippen molar-refractivity contribution in [1.29, 1.82) is 0 Å². The molecule has 2 aromatic carbocycles. The Hall–Kier alpha value is -2.63. The van der Waals surface area contributed by atoms with Crippen LogP contribution in [0, 0.1) is 0 Å². The lowest BCUT2D eigenvalue weighted by molar-refractivity contribution is -0.130. The third-order valence-corrected chi connectivity index (χ3v) is 4.72. The van der Waals surface area contributed by atoms with E-state index in [4.69, 9.17) is 0 Å². The number of hydrogen-bond donors (Lipinski definition) is 1. The van der Waals surface area contributed by atoms with Crippen molar-refractivity contribution in [3.63, 3.8) is 0 Å². The summed E-state index contributed by atoms with van der Waals surface area (Å²) in [6.45, 7) is -2.70. The Labute approximate surface area is 151 Å². The molecule has 1 amide bonds. The Morgan fingerprint density at radius 2 is 1.96 bits per heavy atom. The number of benzene rings is 2. The van der Waals surface area contributed by atoms with Crippen LogP contribution in [0.1, 0.15) is 30.0 Å². The summed E-state index contributed by atoms with van der Waals surface area (Å²) in [4.78, 5) is 14.4. The van der Waals surface area contributed by atoms with Crippen LogP contribution >= 0.6 is 0 Å². The van der Waals surface area contributed by atoms with Gasteiger partial charge in [-0.3, -0.25) is 4.79 Å². The predicted octanol–water partition coefficient (Wildman–Crippen LogP) is 4.24. The van der Waals surface area contributed by atoms with Crippen molar-refractivity contribution in [3.8, 4) is 5.75 Å². The number of carbonyl (C=O) groups is 1. The minimum absolute atomic E-state index is 0.0142. The topological polar surface area (TPSA) is 41.6 Å². The Morgan fingerprint density at radius 3 is 2.69 bits per heavy atom. The van der Waals surface area contributed by atoms with E-state index in [1.165, 1.54) is 23.3 Å². The van der Waals surface area contributed by atoms with E-state index in [1.54, 1.807) is 17.0 Å². The van der Waals surface area contributed by atoms with E-state index in [0.717, 1.165) is 19.3 Å². The second kappa shape index (κ2) is 8.17. The molecule has 26 heavy (non-hydrogen) atoms. The number of nitrogens with zero attached hydrogens (tertiary/aromatic N) is 1. The first-order chi connectivity index (χ1) is 12.5. The summed E-state index contributed by atoms with van der Waals surface area (Å²) >= 11 is 0. The molecule has 6 heteroatoms. The van der Waals surface area contributed by atoms with Crippen LogP contribution in [0.25, 0.3) is 0 Å². The van der Waals surface area contributed by atoms with E-state index in [-0.39, 0.29) is 24.2 Å². The molecule has 138 valence electrons. The maximum Gasteiger partial charge on any atom is 0.387 e. The van der Waals surface area contributed by atoms with E-state index in [9.17, 15) is 13.6 Å². The summed E-state index contributed by atoms with van der Waals surface area (Å²) in [6.07, 6.45) is 3.08. The third-order valence-electron chi connectivity index (χ3n) is 4.72. The molecule has 1 atom stereocenters. The smallest absolute Gasteiger partial charge is 0.387 e. The first kappa shape index (κ1) is 18.2. The first-order valence-corrected chi connectivity index (χ1v) is 8.67. The lowest BCUT2D eigenvalue weighted by Crippen LogP contribution is -2.36. The minimum Gasteiger partial charge on any atom is -0.435 e. The number of amides is 1. The van der Waals surface area contributed by atoms with Crippen LogP contribution in [0.2, 0.25) is 0 Å². The van der Waals surface area contributed by atoms with Crippen LogP contribution in [0.5, 0.6) is 5.75 Å². The molecule has 0 aliphatic heterocycles. The summed E-state index contributed by atoms with van der Waals surface area (Å²) in [5.74, 6) is 0.0763. The summed E-state index contributed by atoms with van der Waals surface area (Å²) in [5.41, 5.74) is 3.21. The highest BCUT2D eigenvalue weighted by Crippen LogP contribution is 2.33. The number of aryl methyl sites for hydroxylation is 1. The maximum atomic E-state index is 12.6. The monoisotopic (exact) mass is 360 g/mol. The van der Waals surface area contributed by atoms with Gasteiger partial charge in [-0.15, -0.1) is 0 Å². The lowest BCUT2D eigenvalue weighted by Gasteiger charge is -2.33.